The molecule has 0 aliphatic carbocycles. The molecule has 0 bridgehead atoms. The predicted octanol–water partition coefficient (Wildman–Crippen LogP) is 1.79. The van der Waals surface area contributed by atoms with Crippen LogP contribution in [0, 0.1) is 6.92 Å². The summed E-state index contributed by atoms with van der Waals surface area (Å²) in [6.45, 7) is 5.73. The molecule has 0 fully saturated rings. The van der Waals surface area contributed by atoms with Crippen LogP contribution in [0.25, 0.3) is 0 Å². The number of nitrogens with one attached hydrogen (secondary N) is 2. The Labute approximate surface area is 111 Å². The smallest absolute Gasteiger partial charge is 0.224 e. The lowest BCUT2D eigenvalue weighted by Gasteiger charge is -2.10. The SMILES string of the molecule is CCCNc1ncc(C)c(NCCCS(C)=O)n1. The average molecular weight is 270 g/mol. The van der Waals surface area contributed by atoms with Crippen molar-refractivity contribution in [2.45, 2.75) is 26.7 Å². The lowest BCUT2D eigenvalue weighted by Crippen LogP contribution is -2.11. The monoisotopic (exact) mass is 270 g/mol. The zero-order chi connectivity index (χ0) is 13.4. The molecule has 6 heteroatoms. The van der Waals surface area contributed by atoms with Crippen LogP contribution in [0.2, 0.25) is 0 Å². The van der Waals surface area contributed by atoms with Gasteiger partial charge in [0.2, 0.25) is 5.95 Å². The van der Waals surface area contributed by atoms with E-state index in [0.29, 0.717) is 5.95 Å². The van der Waals surface area contributed by atoms with E-state index >= 15 is 0 Å². The topological polar surface area (TPSA) is 66.9 Å². The van der Waals surface area contributed by atoms with Crippen molar-refractivity contribution in [3.63, 3.8) is 0 Å². The molecule has 1 atom stereocenters. The van der Waals surface area contributed by atoms with Crippen LogP contribution in [0.1, 0.15) is 25.3 Å². The van der Waals surface area contributed by atoms with Crippen LogP contribution in [0.5, 0.6) is 0 Å². The van der Waals surface area contributed by atoms with Crippen LogP contribution in [0.4, 0.5) is 11.8 Å². The molecule has 0 saturated carbocycles. The average Bonchev–Trinajstić information content (AvgIpc) is 2.34. The Bertz CT molecular complexity index is 398. The van der Waals surface area contributed by atoms with Gasteiger partial charge in [-0.25, -0.2) is 4.98 Å². The summed E-state index contributed by atoms with van der Waals surface area (Å²) >= 11 is 0. The molecule has 1 rings (SSSR count). The Kier molecular flexibility index (Phi) is 6.64. The maximum atomic E-state index is 10.9. The van der Waals surface area contributed by atoms with Crippen molar-refractivity contribution in [1.29, 1.82) is 0 Å². The first-order valence-electron chi connectivity index (χ1n) is 6.25. The second-order valence-corrected chi connectivity index (χ2v) is 5.76. The van der Waals surface area contributed by atoms with Crippen molar-refractivity contribution in [3.05, 3.63) is 11.8 Å². The Morgan fingerprint density at radius 3 is 2.78 bits per heavy atom. The number of rotatable bonds is 8. The van der Waals surface area contributed by atoms with Crippen molar-refractivity contribution in [2.24, 2.45) is 0 Å². The predicted molar refractivity (Wildman–Crippen MR) is 77.6 cm³/mol. The normalized spacial score (nSPS) is 12.2. The zero-order valence-electron chi connectivity index (χ0n) is 11.3. The fraction of sp³-hybridized carbons (Fsp3) is 0.667. The summed E-state index contributed by atoms with van der Waals surface area (Å²) in [6, 6.07) is 0. The van der Waals surface area contributed by atoms with Gasteiger partial charge in [0.05, 0.1) is 0 Å². The number of nitrogens with zero attached hydrogens (tertiary/aromatic N) is 2. The summed E-state index contributed by atoms with van der Waals surface area (Å²) in [6.07, 6.45) is 5.46. The molecule has 0 radical (unpaired) electrons. The molecule has 1 heterocycles. The van der Waals surface area contributed by atoms with Gasteiger partial charge in [-0.15, -0.1) is 0 Å². The van der Waals surface area contributed by atoms with E-state index in [0.717, 1.165) is 43.1 Å². The fourth-order valence-corrected chi connectivity index (χ4v) is 1.98. The quantitative estimate of drug-likeness (QED) is 0.705. The van der Waals surface area contributed by atoms with E-state index in [2.05, 4.69) is 27.5 Å². The van der Waals surface area contributed by atoms with E-state index in [1.807, 2.05) is 13.1 Å². The summed E-state index contributed by atoms with van der Waals surface area (Å²) in [5.74, 6) is 2.23. The molecule has 0 amide bonds. The summed E-state index contributed by atoms with van der Waals surface area (Å²) < 4.78 is 10.9. The Morgan fingerprint density at radius 1 is 1.33 bits per heavy atom. The van der Waals surface area contributed by atoms with Crippen LogP contribution < -0.4 is 10.6 Å². The highest BCUT2D eigenvalue weighted by Crippen LogP contribution is 2.12. The largest absolute Gasteiger partial charge is 0.370 e. The van der Waals surface area contributed by atoms with Gasteiger partial charge in [-0.2, -0.15) is 4.98 Å². The second kappa shape index (κ2) is 8.02. The second-order valence-electron chi connectivity index (χ2n) is 4.21. The molecule has 2 N–H and O–H groups in total. The van der Waals surface area contributed by atoms with Gasteiger partial charge in [0, 0.05) is 47.7 Å². The van der Waals surface area contributed by atoms with Crippen LogP contribution >= 0.6 is 0 Å². The summed E-state index contributed by atoms with van der Waals surface area (Å²) in [5.41, 5.74) is 1.02. The van der Waals surface area contributed by atoms with Crippen LogP contribution in [-0.2, 0) is 10.8 Å². The van der Waals surface area contributed by atoms with Gasteiger partial charge in [-0.05, 0) is 19.8 Å². The molecule has 0 spiro atoms. The standard InChI is InChI=1S/C12H22N4OS/c1-4-6-14-12-15-9-10(2)11(16-12)13-7-5-8-18(3)17/h9H,4-8H2,1-3H3,(H2,13,14,15,16). The molecule has 102 valence electrons. The minimum Gasteiger partial charge on any atom is -0.370 e. The van der Waals surface area contributed by atoms with E-state index in [-0.39, 0.29) is 0 Å². The van der Waals surface area contributed by atoms with Gasteiger partial charge in [0.25, 0.3) is 0 Å². The lowest BCUT2D eigenvalue weighted by atomic mass is 10.3. The van der Waals surface area contributed by atoms with Crippen molar-refractivity contribution in [1.82, 2.24) is 9.97 Å². The minimum atomic E-state index is -0.723. The molecular formula is C12H22N4OS. The van der Waals surface area contributed by atoms with Gasteiger partial charge in [-0.3, -0.25) is 4.21 Å². The number of aryl methyl sites for hydroxylation is 1. The summed E-state index contributed by atoms with van der Waals surface area (Å²) in [4.78, 5) is 8.64. The van der Waals surface area contributed by atoms with E-state index in [1.54, 1.807) is 6.26 Å². The Morgan fingerprint density at radius 2 is 2.11 bits per heavy atom. The van der Waals surface area contributed by atoms with Crippen LogP contribution in [-0.4, -0.2) is 39.3 Å². The third kappa shape index (κ3) is 5.44. The molecule has 1 aromatic rings. The zero-order valence-corrected chi connectivity index (χ0v) is 12.1. The van der Waals surface area contributed by atoms with Crippen molar-refractivity contribution in [2.75, 3.05) is 35.7 Å². The van der Waals surface area contributed by atoms with Crippen LogP contribution in [0.15, 0.2) is 6.20 Å². The first kappa shape index (κ1) is 14.9. The van der Waals surface area contributed by atoms with Crippen molar-refractivity contribution < 1.29 is 4.21 Å². The number of hydrogen-bond donors (Lipinski definition) is 2. The van der Waals surface area contributed by atoms with Gasteiger partial charge in [0.1, 0.15) is 5.82 Å². The first-order chi connectivity index (χ1) is 8.63. The van der Waals surface area contributed by atoms with E-state index in [1.165, 1.54) is 0 Å². The minimum absolute atomic E-state index is 0.656. The number of aromatic nitrogens is 2. The Hall–Kier alpha value is -1.17. The molecule has 0 saturated heterocycles. The van der Waals surface area contributed by atoms with Gasteiger partial charge >= 0.3 is 0 Å². The highest BCUT2D eigenvalue weighted by molar-refractivity contribution is 7.84. The highest BCUT2D eigenvalue weighted by atomic mass is 32.2. The van der Waals surface area contributed by atoms with Crippen molar-refractivity contribution >= 4 is 22.6 Å². The first-order valence-corrected chi connectivity index (χ1v) is 7.97. The Balaban J connectivity index is 2.49. The van der Waals surface area contributed by atoms with Crippen LogP contribution in [0.3, 0.4) is 0 Å². The highest BCUT2D eigenvalue weighted by Gasteiger charge is 2.03. The maximum absolute atomic E-state index is 10.9. The molecule has 0 aliphatic heterocycles. The number of anilines is 2. The third-order valence-electron chi connectivity index (χ3n) is 2.41. The molecular weight excluding hydrogens is 248 g/mol. The molecule has 1 aromatic heterocycles. The molecule has 0 aliphatic rings. The van der Waals surface area contributed by atoms with Gasteiger partial charge in [-0.1, -0.05) is 6.92 Å². The molecule has 5 nitrogen and oxygen atoms in total. The molecule has 18 heavy (non-hydrogen) atoms. The van der Waals surface area contributed by atoms with Gasteiger partial charge < -0.3 is 10.6 Å². The number of hydrogen-bond acceptors (Lipinski definition) is 5. The van der Waals surface area contributed by atoms with Crippen molar-refractivity contribution in [3.8, 4) is 0 Å². The summed E-state index contributed by atoms with van der Waals surface area (Å²) in [7, 11) is -0.723. The molecule has 0 aromatic carbocycles. The maximum Gasteiger partial charge on any atom is 0.224 e. The van der Waals surface area contributed by atoms with Gasteiger partial charge in [0.15, 0.2) is 0 Å². The summed E-state index contributed by atoms with van der Waals surface area (Å²) in [5, 5.41) is 6.42. The fourth-order valence-electron chi connectivity index (χ4n) is 1.43. The lowest BCUT2D eigenvalue weighted by molar-refractivity contribution is 0.685. The van der Waals surface area contributed by atoms with E-state index < -0.39 is 10.8 Å². The van der Waals surface area contributed by atoms with E-state index in [4.69, 9.17) is 0 Å². The van der Waals surface area contributed by atoms with E-state index in [9.17, 15) is 4.21 Å². The molecule has 1 unspecified atom stereocenters. The third-order valence-corrected chi connectivity index (χ3v) is 3.27.